The van der Waals surface area contributed by atoms with E-state index in [1.165, 1.54) is 4.90 Å². The normalized spacial score (nSPS) is 12.6. The highest BCUT2D eigenvalue weighted by atomic mass is 32.2. The van der Waals surface area contributed by atoms with Crippen LogP contribution in [0.1, 0.15) is 24.3 Å². The van der Waals surface area contributed by atoms with Gasteiger partial charge in [-0.1, -0.05) is 19.1 Å². The van der Waals surface area contributed by atoms with E-state index in [-0.39, 0.29) is 6.04 Å². The van der Waals surface area contributed by atoms with E-state index in [2.05, 4.69) is 31.2 Å². The lowest BCUT2D eigenvalue weighted by Gasteiger charge is -2.09. The molecule has 0 saturated carbocycles. The Morgan fingerprint density at radius 3 is 2.56 bits per heavy atom. The van der Waals surface area contributed by atoms with Gasteiger partial charge in [0.2, 0.25) is 0 Å². The average molecular weight is 233 g/mol. The van der Waals surface area contributed by atoms with Gasteiger partial charge in [0, 0.05) is 4.90 Å². The molecule has 2 N–H and O–H groups in total. The summed E-state index contributed by atoms with van der Waals surface area (Å²) < 4.78 is 5.30. The molecule has 1 atom stereocenters. The Hall–Kier alpha value is -1.19. The fraction of sp³-hybridized carbons (Fsp3) is 0.231. The molecule has 1 aromatic heterocycles. The second kappa shape index (κ2) is 5.23. The molecule has 0 aliphatic rings. The molecule has 0 spiro atoms. The highest BCUT2D eigenvalue weighted by Crippen LogP contribution is 2.23. The van der Waals surface area contributed by atoms with Crippen LogP contribution in [0.4, 0.5) is 0 Å². The first-order valence-corrected chi connectivity index (χ1v) is 6.31. The van der Waals surface area contributed by atoms with Crippen molar-refractivity contribution in [3.63, 3.8) is 0 Å². The molecule has 0 fully saturated rings. The number of hydrogen-bond donors (Lipinski definition) is 1. The van der Waals surface area contributed by atoms with Crippen molar-refractivity contribution in [1.82, 2.24) is 0 Å². The molecule has 0 aliphatic heterocycles. The predicted octanol–water partition coefficient (Wildman–Crippen LogP) is 3.44. The fourth-order valence-corrected chi connectivity index (χ4v) is 2.23. The molecule has 0 radical (unpaired) electrons. The quantitative estimate of drug-likeness (QED) is 0.822. The van der Waals surface area contributed by atoms with Gasteiger partial charge in [-0.2, -0.15) is 0 Å². The van der Waals surface area contributed by atoms with Crippen molar-refractivity contribution in [2.75, 3.05) is 5.75 Å². The molecule has 0 saturated heterocycles. The first kappa shape index (κ1) is 11.3. The summed E-state index contributed by atoms with van der Waals surface area (Å²) in [5, 5.41) is 0. The summed E-state index contributed by atoms with van der Waals surface area (Å²) in [5.41, 5.74) is 7.16. The summed E-state index contributed by atoms with van der Waals surface area (Å²) in [6.45, 7) is 2.15. The van der Waals surface area contributed by atoms with Crippen molar-refractivity contribution in [2.45, 2.75) is 17.9 Å². The van der Waals surface area contributed by atoms with Gasteiger partial charge in [0.15, 0.2) is 0 Å². The molecule has 0 bridgehead atoms. The van der Waals surface area contributed by atoms with E-state index in [9.17, 15) is 0 Å². The van der Waals surface area contributed by atoms with Gasteiger partial charge in [0.25, 0.3) is 0 Å². The first-order chi connectivity index (χ1) is 7.81. The number of nitrogens with two attached hydrogens (primary N) is 1. The van der Waals surface area contributed by atoms with E-state index >= 15 is 0 Å². The lowest BCUT2D eigenvalue weighted by molar-refractivity contribution is 0.490. The molecular formula is C13H15NOS. The Bertz CT molecular complexity index is 422. The van der Waals surface area contributed by atoms with Gasteiger partial charge >= 0.3 is 0 Å². The number of furan rings is 1. The smallest absolute Gasteiger partial charge is 0.124 e. The van der Waals surface area contributed by atoms with Gasteiger partial charge < -0.3 is 10.2 Å². The number of thioether (sulfide) groups is 1. The zero-order valence-electron chi connectivity index (χ0n) is 9.22. The van der Waals surface area contributed by atoms with Crippen LogP contribution in [0.3, 0.4) is 0 Å². The SMILES string of the molecule is CCSc1ccc(C(N)c2ccco2)cc1. The average Bonchev–Trinajstić information content (AvgIpc) is 2.83. The molecule has 84 valence electrons. The Labute approximate surface area is 99.8 Å². The minimum atomic E-state index is -0.171. The Kier molecular flexibility index (Phi) is 3.70. The first-order valence-electron chi connectivity index (χ1n) is 5.33. The lowest BCUT2D eigenvalue weighted by Crippen LogP contribution is -2.10. The zero-order chi connectivity index (χ0) is 11.4. The minimum Gasteiger partial charge on any atom is -0.467 e. The summed E-state index contributed by atoms with van der Waals surface area (Å²) in [7, 11) is 0. The summed E-state index contributed by atoms with van der Waals surface area (Å²) >= 11 is 1.83. The largest absolute Gasteiger partial charge is 0.467 e. The molecule has 2 aromatic rings. The fourth-order valence-electron chi connectivity index (χ4n) is 1.57. The van der Waals surface area contributed by atoms with E-state index in [4.69, 9.17) is 10.2 Å². The molecule has 3 heteroatoms. The number of hydrogen-bond acceptors (Lipinski definition) is 3. The van der Waals surface area contributed by atoms with Crippen molar-refractivity contribution >= 4 is 11.8 Å². The second-order valence-electron chi connectivity index (χ2n) is 3.50. The molecular weight excluding hydrogens is 218 g/mol. The highest BCUT2D eigenvalue weighted by Gasteiger charge is 2.10. The van der Waals surface area contributed by atoms with Crippen molar-refractivity contribution in [3.05, 3.63) is 54.0 Å². The van der Waals surface area contributed by atoms with Gasteiger partial charge in [-0.25, -0.2) is 0 Å². The van der Waals surface area contributed by atoms with Crippen LogP contribution < -0.4 is 5.73 Å². The summed E-state index contributed by atoms with van der Waals surface area (Å²) in [5.74, 6) is 1.89. The van der Waals surface area contributed by atoms with Gasteiger partial charge in [-0.05, 0) is 35.6 Å². The topological polar surface area (TPSA) is 39.2 Å². The van der Waals surface area contributed by atoms with E-state index in [0.717, 1.165) is 17.1 Å². The maximum atomic E-state index is 6.08. The lowest BCUT2D eigenvalue weighted by atomic mass is 10.1. The van der Waals surface area contributed by atoms with E-state index in [0.29, 0.717) is 0 Å². The summed E-state index contributed by atoms with van der Waals surface area (Å²) in [6, 6.07) is 11.9. The van der Waals surface area contributed by atoms with Crippen LogP contribution >= 0.6 is 11.8 Å². The van der Waals surface area contributed by atoms with Gasteiger partial charge in [0.1, 0.15) is 5.76 Å². The molecule has 1 unspecified atom stereocenters. The summed E-state index contributed by atoms with van der Waals surface area (Å²) in [6.07, 6.45) is 1.65. The molecule has 16 heavy (non-hydrogen) atoms. The van der Waals surface area contributed by atoms with Gasteiger partial charge in [-0.15, -0.1) is 11.8 Å². The molecule has 1 heterocycles. The van der Waals surface area contributed by atoms with E-state index in [1.807, 2.05) is 23.9 Å². The number of benzene rings is 1. The van der Waals surface area contributed by atoms with Crippen LogP contribution in [-0.4, -0.2) is 5.75 Å². The Morgan fingerprint density at radius 2 is 2.00 bits per heavy atom. The third kappa shape index (κ3) is 2.49. The monoisotopic (exact) mass is 233 g/mol. The van der Waals surface area contributed by atoms with Crippen molar-refractivity contribution in [2.24, 2.45) is 5.73 Å². The highest BCUT2D eigenvalue weighted by molar-refractivity contribution is 7.99. The summed E-state index contributed by atoms with van der Waals surface area (Å²) in [4.78, 5) is 1.28. The molecule has 0 amide bonds. The maximum absolute atomic E-state index is 6.08. The Morgan fingerprint density at radius 1 is 1.25 bits per heavy atom. The molecule has 2 nitrogen and oxygen atoms in total. The minimum absolute atomic E-state index is 0.171. The van der Waals surface area contributed by atoms with Crippen molar-refractivity contribution < 1.29 is 4.42 Å². The van der Waals surface area contributed by atoms with Gasteiger partial charge in [-0.3, -0.25) is 0 Å². The van der Waals surface area contributed by atoms with Crippen molar-refractivity contribution in [1.29, 1.82) is 0 Å². The van der Waals surface area contributed by atoms with E-state index in [1.54, 1.807) is 6.26 Å². The maximum Gasteiger partial charge on any atom is 0.124 e. The third-order valence-corrected chi connectivity index (χ3v) is 3.29. The van der Waals surface area contributed by atoms with Crippen LogP contribution in [0, 0.1) is 0 Å². The zero-order valence-corrected chi connectivity index (χ0v) is 10.0. The Balaban J connectivity index is 2.15. The van der Waals surface area contributed by atoms with Crippen LogP contribution in [-0.2, 0) is 0 Å². The molecule has 0 aliphatic carbocycles. The van der Waals surface area contributed by atoms with E-state index < -0.39 is 0 Å². The third-order valence-electron chi connectivity index (χ3n) is 2.40. The van der Waals surface area contributed by atoms with Crippen LogP contribution in [0.2, 0.25) is 0 Å². The molecule has 2 rings (SSSR count). The van der Waals surface area contributed by atoms with Crippen LogP contribution in [0.25, 0.3) is 0 Å². The second-order valence-corrected chi connectivity index (χ2v) is 4.83. The van der Waals surface area contributed by atoms with Crippen molar-refractivity contribution in [3.8, 4) is 0 Å². The molecule has 1 aromatic carbocycles. The van der Waals surface area contributed by atoms with Crippen LogP contribution in [0.5, 0.6) is 0 Å². The van der Waals surface area contributed by atoms with Gasteiger partial charge in [0.05, 0.1) is 12.3 Å². The number of rotatable bonds is 4. The van der Waals surface area contributed by atoms with Crippen LogP contribution in [0.15, 0.2) is 52.0 Å². The predicted molar refractivity (Wildman–Crippen MR) is 67.6 cm³/mol. The standard InChI is InChI=1S/C13H15NOS/c1-2-16-11-7-5-10(6-8-11)13(14)12-4-3-9-15-12/h3-9,13H,2,14H2,1H3.